The van der Waals surface area contributed by atoms with Crippen LogP contribution < -0.4 is 11.3 Å². The number of nitrogens with two attached hydrogens (primary N) is 1. The van der Waals surface area contributed by atoms with E-state index in [0.717, 1.165) is 23.5 Å². The first kappa shape index (κ1) is 11.4. The van der Waals surface area contributed by atoms with E-state index >= 15 is 0 Å². The number of hydrogen-bond acceptors (Lipinski definition) is 4. The summed E-state index contributed by atoms with van der Waals surface area (Å²) < 4.78 is 0. The normalized spacial score (nSPS) is 12.8. The van der Waals surface area contributed by atoms with Gasteiger partial charge in [0.1, 0.15) is 0 Å². The zero-order valence-corrected chi connectivity index (χ0v) is 9.53. The van der Waals surface area contributed by atoms with Crippen LogP contribution in [0.5, 0.6) is 0 Å². The van der Waals surface area contributed by atoms with Gasteiger partial charge < -0.3 is 0 Å². The highest BCUT2D eigenvalue weighted by Gasteiger charge is 2.11. The Balaban J connectivity index is 2.58. The molecule has 3 N–H and O–H groups in total. The minimum Gasteiger partial charge on any atom is -0.271 e. The molecule has 14 heavy (non-hydrogen) atoms. The molecular formula is C10H17N3S. The van der Waals surface area contributed by atoms with Crippen LogP contribution in [0.25, 0.3) is 0 Å². The Morgan fingerprint density at radius 2 is 2.50 bits per heavy atom. The van der Waals surface area contributed by atoms with Crippen molar-refractivity contribution in [3.8, 4) is 0 Å². The van der Waals surface area contributed by atoms with E-state index in [-0.39, 0.29) is 6.04 Å². The van der Waals surface area contributed by atoms with Gasteiger partial charge in [0.15, 0.2) is 0 Å². The molecule has 0 aliphatic heterocycles. The predicted molar refractivity (Wildman–Crippen MR) is 61.0 cm³/mol. The third-order valence-electron chi connectivity index (χ3n) is 2.05. The van der Waals surface area contributed by atoms with Gasteiger partial charge in [0, 0.05) is 5.38 Å². The standard InChI is InChI=1S/C10H17N3S/c1-7(2)4-5-9(13-11)10-6-14-8(3)12-10/h6,9,13H,1,4-5,11H2,2-3H3. The predicted octanol–water partition coefficient (Wildman–Crippen LogP) is 2.31. The summed E-state index contributed by atoms with van der Waals surface area (Å²) >= 11 is 1.65. The summed E-state index contributed by atoms with van der Waals surface area (Å²) in [4.78, 5) is 4.41. The van der Waals surface area contributed by atoms with E-state index in [1.54, 1.807) is 11.3 Å². The van der Waals surface area contributed by atoms with Crippen LogP contribution in [0.15, 0.2) is 17.5 Å². The molecule has 1 heterocycles. The molecule has 0 aromatic carbocycles. The van der Waals surface area contributed by atoms with Crippen molar-refractivity contribution in [2.75, 3.05) is 0 Å². The van der Waals surface area contributed by atoms with Gasteiger partial charge in [-0.25, -0.2) is 4.98 Å². The summed E-state index contributed by atoms with van der Waals surface area (Å²) in [6.07, 6.45) is 1.93. The third-order valence-corrected chi connectivity index (χ3v) is 2.85. The third kappa shape index (κ3) is 3.21. The molecule has 1 rings (SSSR count). The van der Waals surface area contributed by atoms with Crippen LogP contribution in [0.2, 0.25) is 0 Å². The second-order valence-electron chi connectivity index (χ2n) is 3.51. The van der Waals surface area contributed by atoms with Crippen molar-refractivity contribution >= 4 is 11.3 Å². The molecule has 0 aliphatic carbocycles. The van der Waals surface area contributed by atoms with Gasteiger partial charge in [0.2, 0.25) is 0 Å². The molecule has 0 amide bonds. The molecule has 3 nitrogen and oxygen atoms in total. The fraction of sp³-hybridized carbons (Fsp3) is 0.500. The first-order valence-electron chi connectivity index (χ1n) is 4.66. The summed E-state index contributed by atoms with van der Waals surface area (Å²) in [6.45, 7) is 7.90. The molecule has 78 valence electrons. The van der Waals surface area contributed by atoms with Gasteiger partial charge >= 0.3 is 0 Å². The SMILES string of the molecule is C=C(C)CCC(NN)c1csc(C)n1. The van der Waals surface area contributed by atoms with Crippen molar-refractivity contribution in [3.05, 3.63) is 28.2 Å². The highest BCUT2D eigenvalue weighted by Crippen LogP contribution is 2.21. The van der Waals surface area contributed by atoms with Gasteiger partial charge in [0.05, 0.1) is 16.7 Å². The molecular weight excluding hydrogens is 194 g/mol. The number of aromatic nitrogens is 1. The maximum absolute atomic E-state index is 5.49. The Morgan fingerprint density at radius 3 is 2.93 bits per heavy atom. The van der Waals surface area contributed by atoms with Crippen LogP contribution in [-0.2, 0) is 0 Å². The van der Waals surface area contributed by atoms with E-state index in [2.05, 4.69) is 22.4 Å². The lowest BCUT2D eigenvalue weighted by Crippen LogP contribution is -2.28. The monoisotopic (exact) mass is 211 g/mol. The fourth-order valence-electron chi connectivity index (χ4n) is 1.25. The quantitative estimate of drug-likeness (QED) is 0.446. The van der Waals surface area contributed by atoms with Gasteiger partial charge in [-0.2, -0.15) is 0 Å². The van der Waals surface area contributed by atoms with Crippen LogP contribution in [0, 0.1) is 6.92 Å². The highest BCUT2D eigenvalue weighted by molar-refractivity contribution is 7.09. The summed E-state index contributed by atoms with van der Waals surface area (Å²) in [5, 5.41) is 3.13. The first-order valence-corrected chi connectivity index (χ1v) is 5.54. The molecule has 0 fully saturated rings. The van der Waals surface area contributed by atoms with E-state index in [0.29, 0.717) is 0 Å². The van der Waals surface area contributed by atoms with E-state index in [4.69, 9.17) is 5.84 Å². The maximum atomic E-state index is 5.49. The number of allylic oxidation sites excluding steroid dienone is 1. The molecule has 0 aliphatic rings. The van der Waals surface area contributed by atoms with E-state index < -0.39 is 0 Å². The Labute approximate surface area is 89.0 Å². The van der Waals surface area contributed by atoms with Crippen LogP contribution in [-0.4, -0.2) is 4.98 Å². The van der Waals surface area contributed by atoms with Crippen LogP contribution in [0.3, 0.4) is 0 Å². The van der Waals surface area contributed by atoms with Crippen LogP contribution in [0.1, 0.15) is 36.5 Å². The van der Waals surface area contributed by atoms with Crippen molar-refractivity contribution < 1.29 is 0 Å². The minimum atomic E-state index is 0.150. The second kappa shape index (κ2) is 5.24. The van der Waals surface area contributed by atoms with Gasteiger partial charge in [-0.3, -0.25) is 11.3 Å². The topological polar surface area (TPSA) is 50.9 Å². The number of thiazole rings is 1. The van der Waals surface area contributed by atoms with Crippen molar-refractivity contribution in [1.82, 2.24) is 10.4 Å². The molecule has 0 radical (unpaired) electrons. The second-order valence-corrected chi connectivity index (χ2v) is 4.57. The number of nitrogens with zero attached hydrogens (tertiary/aromatic N) is 1. The van der Waals surface area contributed by atoms with E-state index in [1.807, 2.05) is 13.8 Å². The molecule has 4 heteroatoms. The summed E-state index contributed by atoms with van der Waals surface area (Å²) in [5.41, 5.74) is 5.01. The Bertz CT molecular complexity index is 306. The van der Waals surface area contributed by atoms with Gasteiger partial charge in [0.25, 0.3) is 0 Å². The van der Waals surface area contributed by atoms with Crippen LogP contribution >= 0.6 is 11.3 Å². The lowest BCUT2D eigenvalue weighted by Gasteiger charge is -2.12. The molecule has 1 atom stereocenters. The van der Waals surface area contributed by atoms with Gasteiger partial charge in [-0.05, 0) is 26.7 Å². The molecule has 1 unspecified atom stereocenters. The number of nitrogens with one attached hydrogen (secondary N) is 1. The Hall–Kier alpha value is -0.710. The van der Waals surface area contributed by atoms with Gasteiger partial charge in [-0.15, -0.1) is 17.9 Å². The molecule has 0 spiro atoms. The number of hydrogen-bond donors (Lipinski definition) is 2. The Kier molecular flexibility index (Phi) is 4.25. The van der Waals surface area contributed by atoms with Crippen molar-refractivity contribution in [2.45, 2.75) is 32.7 Å². The zero-order valence-electron chi connectivity index (χ0n) is 8.71. The minimum absolute atomic E-state index is 0.150. The molecule has 1 aromatic heterocycles. The smallest absolute Gasteiger partial charge is 0.0898 e. The van der Waals surface area contributed by atoms with E-state index in [1.165, 1.54) is 5.57 Å². The fourth-order valence-corrected chi connectivity index (χ4v) is 1.91. The number of hydrazine groups is 1. The maximum Gasteiger partial charge on any atom is 0.0898 e. The largest absolute Gasteiger partial charge is 0.271 e. The molecule has 0 saturated carbocycles. The highest BCUT2D eigenvalue weighted by atomic mass is 32.1. The summed E-state index contributed by atoms with van der Waals surface area (Å²) in [5.74, 6) is 5.49. The number of rotatable bonds is 5. The lowest BCUT2D eigenvalue weighted by molar-refractivity contribution is 0.505. The molecule has 0 bridgehead atoms. The summed E-state index contributed by atoms with van der Waals surface area (Å²) in [7, 11) is 0. The van der Waals surface area contributed by atoms with Gasteiger partial charge in [-0.1, -0.05) is 5.57 Å². The lowest BCUT2D eigenvalue weighted by atomic mass is 10.1. The van der Waals surface area contributed by atoms with Crippen molar-refractivity contribution in [2.24, 2.45) is 5.84 Å². The van der Waals surface area contributed by atoms with Crippen molar-refractivity contribution in [1.29, 1.82) is 0 Å². The number of aryl methyl sites for hydroxylation is 1. The first-order chi connectivity index (χ1) is 6.63. The van der Waals surface area contributed by atoms with E-state index in [9.17, 15) is 0 Å². The molecule has 1 aromatic rings. The summed E-state index contributed by atoms with van der Waals surface area (Å²) in [6, 6.07) is 0.150. The average molecular weight is 211 g/mol. The van der Waals surface area contributed by atoms with Crippen LogP contribution in [0.4, 0.5) is 0 Å². The molecule has 0 saturated heterocycles. The average Bonchev–Trinajstić information content (AvgIpc) is 2.53. The van der Waals surface area contributed by atoms with Crippen molar-refractivity contribution in [3.63, 3.8) is 0 Å². The zero-order chi connectivity index (χ0) is 10.6. The Morgan fingerprint density at radius 1 is 1.79 bits per heavy atom.